The molecule has 0 bridgehead atoms. The topological polar surface area (TPSA) is 140 Å². The van der Waals surface area contributed by atoms with Crippen molar-refractivity contribution in [1.29, 1.82) is 0 Å². The van der Waals surface area contributed by atoms with Crippen LogP contribution in [0.5, 0.6) is 0 Å². The molecule has 1 amide bonds. The number of carbonyl (C=O) groups excluding carboxylic acids is 1. The highest BCUT2D eigenvalue weighted by atomic mass is 32.2. The van der Waals surface area contributed by atoms with E-state index in [1.165, 1.54) is 11.0 Å². The molecule has 20 heavy (non-hydrogen) atoms. The van der Waals surface area contributed by atoms with E-state index in [-0.39, 0.29) is 31.9 Å². The largest absolute Gasteiger partial charge is 0.433 e. The highest BCUT2D eigenvalue weighted by Crippen LogP contribution is 2.18. The quantitative estimate of drug-likeness (QED) is 0.569. The molecule has 0 saturated carbocycles. The molecule has 0 aromatic carbocycles. The molecule has 0 unspecified atom stereocenters. The molecule has 0 radical (unpaired) electrons. The zero-order chi connectivity index (χ0) is 14.9. The zero-order valence-electron chi connectivity index (χ0n) is 10.3. The Kier molecular flexibility index (Phi) is 3.74. The number of amides is 1. The fourth-order valence-corrected chi connectivity index (χ4v) is 2.51. The van der Waals surface area contributed by atoms with E-state index in [4.69, 9.17) is 9.56 Å². The minimum Gasteiger partial charge on any atom is -0.395 e. The number of hydrogen-bond acceptors (Lipinski definition) is 6. The van der Waals surface area contributed by atoms with Crippen LogP contribution in [0, 0.1) is 10.1 Å². The van der Waals surface area contributed by atoms with Crippen molar-refractivity contribution in [2.24, 2.45) is 5.14 Å². The summed E-state index contributed by atoms with van der Waals surface area (Å²) in [6.45, 7) is 0.439. The first-order valence-corrected chi connectivity index (χ1v) is 7.11. The van der Waals surface area contributed by atoms with Crippen LogP contribution in [0.3, 0.4) is 0 Å². The minimum atomic E-state index is -3.76. The van der Waals surface area contributed by atoms with Crippen molar-refractivity contribution in [3.8, 4) is 0 Å². The monoisotopic (exact) mass is 304 g/mol. The minimum absolute atomic E-state index is 0.0768. The normalized spacial score (nSPS) is 17.1. The number of carbonyl (C=O) groups is 1. The SMILES string of the molecule is NS(=O)(=O)N1CCN(C(=O)c2ccc([N+](=O)[O-])o2)CC1. The summed E-state index contributed by atoms with van der Waals surface area (Å²) >= 11 is 0. The van der Waals surface area contributed by atoms with Gasteiger partial charge in [0.2, 0.25) is 0 Å². The third-order valence-corrected chi connectivity index (χ3v) is 3.95. The Labute approximate surface area is 114 Å². The molecular weight excluding hydrogens is 292 g/mol. The van der Waals surface area contributed by atoms with E-state index in [2.05, 4.69) is 0 Å². The lowest BCUT2D eigenvalue weighted by atomic mass is 10.3. The molecule has 0 aliphatic carbocycles. The second-order valence-electron chi connectivity index (χ2n) is 4.13. The van der Waals surface area contributed by atoms with Gasteiger partial charge in [0.1, 0.15) is 4.92 Å². The van der Waals surface area contributed by atoms with Gasteiger partial charge < -0.3 is 9.32 Å². The Balaban J connectivity index is 2.03. The van der Waals surface area contributed by atoms with Crippen LogP contribution < -0.4 is 5.14 Å². The fraction of sp³-hybridized carbons (Fsp3) is 0.444. The van der Waals surface area contributed by atoms with Gasteiger partial charge in [0.25, 0.3) is 16.1 Å². The summed E-state index contributed by atoms with van der Waals surface area (Å²) in [5.74, 6) is -1.19. The van der Waals surface area contributed by atoms with Crippen LogP contribution in [0.25, 0.3) is 0 Å². The lowest BCUT2D eigenvalue weighted by Crippen LogP contribution is -2.52. The van der Waals surface area contributed by atoms with E-state index in [9.17, 15) is 23.3 Å². The third-order valence-electron chi connectivity index (χ3n) is 2.87. The Morgan fingerprint density at radius 1 is 1.30 bits per heavy atom. The van der Waals surface area contributed by atoms with E-state index in [0.29, 0.717) is 0 Å². The first-order chi connectivity index (χ1) is 9.29. The van der Waals surface area contributed by atoms with Crippen molar-refractivity contribution < 1.29 is 22.6 Å². The number of furan rings is 1. The highest BCUT2D eigenvalue weighted by Gasteiger charge is 2.29. The third kappa shape index (κ3) is 2.95. The molecule has 1 aromatic heterocycles. The smallest absolute Gasteiger partial charge is 0.395 e. The molecule has 1 saturated heterocycles. The number of nitro groups is 1. The van der Waals surface area contributed by atoms with Gasteiger partial charge in [0.05, 0.1) is 6.07 Å². The molecule has 2 heterocycles. The molecule has 2 N–H and O–H groups in total. The van der Waals surface area contributed by atoms with Crippen LogP contribution in [-0.2, 0) is 10.2 Å². The molecule has 110 valence electrons. The standard InChI is InChI=1S/C9H12N4O6S/c10-20(17,18)12-5-3-11(4-6-12)9(14)7-1-2-8(19-7)13(15)16/h1-2H,3-6H2,(H2,10,17,18). The molecule has 0 spiro atoms. The first-order valence-electron chi connectivity index (χ1n) is 5.60. The number of nitrogens with two attached hydrogens (primary N) is 1. The zero-order valence-corrected chi connectivity index (χ0v) is 11.1. The maximum Gasteiger partial charge on any atom is 0.433 e. The Bertz CT molecular complexity index is 631. The molecule has 1 aromatic rings. The van der Waals surface area contributed by atoms with E-state index >= 15 is 0 Å². The summed E-state index contributed by atoms with van der Waals surface area (Å²) in [7, 11) is -3.76. The highest BCUT2D eigenvalue weighted by molar-refractivity contribution is 7.86. The molecule has 0 atom stereocenters. The van der Waals surface area contributed by atoms with Crippen molar-refractivity contribution in [3.63, 3.8) is 0 Å². The average molecular weight is 304 g/mol. The van der Waals surface area contributed by atoms with Gasteiger partial charge in [-0.2, -0.15) is 12.7 Å². The van der Waals surface area contributed by atoms with Crippen molar-refractivity contribution >= 4 is 22.0 Å². The summed E-state index contributed by atoms with van der Waals surface area (Å²) in [6, 6.07) is 2.31. The van der Waals surface area contributed by atoms with Gasteiger partial charge in [0.15, 0.2) is 5.76 Å². The Morgan fingerprint density at radius 2 is 1.90 bits per heavy atom. The van der Waals surface area contributed by atoms with Gasteiger partial charge in [-0.3, -0.25) is 14.9 Å². The summed E-state index contributed by atoms with van der Waals surface area (Å²) in [6.07, 6.45) is 0. The average Bonchev–Trinajstić information content (AvgIpc) is 2.86. The van der Waals surface area contributed by atoms with Crippen molar-refractivity contribution in [1.82, 2.24) is 9.21 Å². The lowest BCUT2D eigenvalue weighted by molar-refractivity contribution is -0.402. The second kappa shape index (κ2) is 5.19. The predicted molar refractivity (Wildman–Crippen MR) is 65.9 cm³/mol. The molecule has 11 heteroatoms. The Morgan fingerprint density at radius 3 is 2.35 bits per heavy atom. The van der Waals surface area contributed by atoms with Crippen molar-refractivity contribution in [2.75, 3.05) is 26.2 Å². The fourth-order valence-electron chi connectivity index (χ4n) is 1.84. The van der Waals surface area contributed by atoms with Crippen LogP contribution in [0.1, 0.15) is 10.6 Å². The summed E-state index contributed by atoms with van der Waals surface area (Å²) in [5.41, 5.74) is 0. The summed E-state index contributed by atoms with van der Waals surface area (Å²) in [5, 5.41) is 15.4. The molecular formula is C9H12N4O6S. The van der Waals surface area contributed by atoms with Gasteiger partial charge in [0, 0.05) is 26.2 Å². The van der Waals surface area contributed by atoms with Crippen LogP contribution >= 0.6 is 0 Å². The maximum atomic E-state index is 12.0. The van der Waals surface area contributed by atoms with Crippen LogP contribution in [0.2, 0.25) is 0 Å². The summed E-state index contributed by atoms with van der Waals surface area (Å²) in [4.78, 5) is 23.1. The number of piperazine rings is 1. The van der Waals surface area contributed by atoms with Gasteiger partial charge in [-0.15, -0.1) is 0 Å². The van der Waals surface area contributed by atoms with E-state index < -0.39 is 26.9 Å². The van der Waals surface area contributed by atoms with Gasteiger partial charge >= 0.3 is 5.88 Å². The molecule has 2 rings (SSSR count). The summed E-state index contributed by atoms with van der Waals surface area (Å²) < 4.78 is 28.1. The van der Waals surface area contributed by atoms with Crippen LogP contribution in [-0.4, -0.2) is 54.6 Å². The number of hydrogen-bond donors (Lipinski definition) is 1. The van der Waals surface area contributed by atoms with Crippen LogP contribution in [0.15, 0.2) is 16.5 Å². The van der Waals surface area contributed by atoms with Crippen LogP contribution in [0.4, 0.5) is 5.88 Å². The first kappa shape index (κ1) is 14.4. The second-order valence-corrected chi connectivity index (χ2v) is 5.68. The number of nitrogens with zero attached hydrogens (tertiary/aromatic N) is 3. The predicted octanol–water partition coefficient (Wildman–Crippen LogP) is -0.851. The molecule has 1 aliphatic heterocycles. The Hall–Kier alpha value is -1.98. The molecule has 10 nitrogen and oxygen atoms in total. The maximum absolute atomic E-state index is 12.0. The van der Waals surface area contributed by atoms with E-state index in [1.807, 2.05) is 0 Å². The van der Waals surface area contributed by atoms with Gasteiger partial charge in [-0.05, 0) is 6.07 Å². The lowest BCUT2D eigenvalue weighted by Gasteiger charge is -2.32. The number of rotatable bonds is 3. The van der Waals surface area contributed by atoms with Gasteiger partial charge in [-0.25, -0.2) is 5.14 Å². The van der Waals surface area contributed by atoms with Crippen molar-refractivity contribution in [3.05, 3.63) is 28.0 Å². The van der Waals surface area contributed by atoms with Gasteiger partial charge in [-0.1, -0.05) is 0 Å². The van der Waals surface area contributed by atoms with Crippen molar-refractivity contribution in [2.45, 2.75) is 0 Å². The molecule has 1 fully saturated rings. The van der Waals surface area contributed by atoms with E-state index in [1.54, 1.807) is 0 Å². The molecule has 1 aliphatic rings. The van der Waals surface area contributed by atoms with E-state index in [0.717, 1.165) is 10.4 Å².